The first-order chi connectivity index (χ1) is 10.6. The largest absolute Gasteiger partial charge is 0.503 e. The fraction of sp³-hybridized carbons (Fsp3) is 0.688. The minimum absolute atomic E-state index is 0.0110. The van der Waals surface area contributed by atoms with E-state index in [2.05, 4.69) is 18.7 Å². The van der Waals surface area contributed by atoms with Crippen LogP contribution in [0, 0.1) is 0 Å². The van der Waals surface area contributed by atoms with Gasteiger partial charge in [-0.05, 0) is 19.5 Å². The Bertz CT molecular complexity index is 488. The normalized spacial score (nSPS) is 11.3. The van der Waals surface area contributed by atoms with Gasteiger partial charge in [0.1, 0.15) is 0 Å². The van der Waals surface area contributed by atoms with Gasteiger partial charge in [-0.3, -0.25) is 9.69 Å². The van der Waals surface area contributed by atoms with Crippen LogP contribution in [0.2, 0.25) is 0 Å². The predicted octanol–water partition coefficient (Wildman–Crippen LogP) is 1.18. The highest BCUT2D eigenvalue weighted by atomic mass is 16.5. The van der Waals surface area contributed by atoms with Gasteiger partial charge in [-0.25, -0.2) is 0 Å². The number of ether oxygens (including phenoxy) is 1. The molecule has 0 saturated carbocycles. The van der Waals surface area contributed by atoms with E-state index >= 15 is 0 Å². The first-order valence-electron chi connectivity index (χ1n) is 7.95. The maximum atomic E-state index is 11.7. The van der Waals surface area contributed by atoms with Crippen molar-refractivity contribution in [2.24, 2.45) is 0 Å². The van der Waals surface area contributed by atoms with Crippen LogP contribution in [0.4, 0.5) is 0 Å². The molecule has 0 aliphatic heterocycles. The van der Waals surface area contributed by atoms with Crippen LogP contribution in [0.5, 0.6) is 5.75 Å². The lowest BCUT2D eigenvalue weighted by molar-refractivity contribution is 0.0860. The molecule has 0 spiro atoms. The average Bonchev–Trinajstić information content (AvgIpc) is 2.52. The molecule has 22 heavy (non-hydrogen) atoms. The second kappa shape index (κ2) is 10.4. The zero-order chi connectivity index (χ0) is 16.4. The average molecular weight is 312 g/mol. The molecule has 6 heteroatoms. The Morgan fingerprint density at radius 2 is 2.09 bits per heavy atom. The van der Waals surface area contributed by atoms with Gasteiger partial charge < -0.3 is 19.5 Å². The van der Waals surface area contributed by atoms with Crippen LogP contribution in [-0.4, -0.2) is 52.6 Å². The summed E-state index contributed by atoms with van der Waals surface area (Å²) in [5.41, 5.74) is 0.516. The second-order valence-electron chi connectivity index (χ2n) is 5.27. The summed E-state index contributed by atoms with van der Waals surface area (Å²) in [6, 6.07) is 1.50. The highest BCUT2D eigenvalue weighted by Crippen LogP contribution is 2.09. The zero-order valence-electron chi connectivity index (χ0n) is 13.6. The van der Waals surface area contributed by atoms with Crippen molar-refractivity contribution in [3.05, 3.63) is 28.2 Å². The maximum absolute atomic E-state index is 11.7. The second-order valence-corrected chi connectivity index (χ2v) is 5.27. The summed E-state index contributed by atoms with van der Waals surface area (Å²) in [6.45, 7) is 8.07. The summed E-state index contributed by atoms with van der Waals surface area (Å²) < 4.78 is 7.11. The predicted molar refractivity (Wildman–Crippen MR) is 86.1 cm³/mol. The molecule has 0 radical (unpaired) electrons. The summed E-state index contributed by atoms with van der Waals surface area (Å²) >= 11 is 0. The number of aliphatic hydroxyl groups excluding tert-OH is 1. The zero-order valence-corrected chi connectivity index (χ0v) is 13.6. The van der Waals surface area contributed by atoms with E-state index in [1.54, 1.807) is 0 Å². The van der Waals surface area contributed by atoms with Crippen LogP contribution in [0.1, 0.15) is 32.4 Å². The van der Waals surface area contributed by atoms with E-state index in [1.807, 2.05) is 4.57 Å². The standard InChI is InChI=1S/C16H28N2O4/c1-3-5-6-17(4-2)12-14-11-15(20)16(21)13-18(14)7-9-22-10-8-19/h11,13,19,21H,3-10,12H2,1-2H3. The van der Waals surface area contributed by atoms with Crippen LogP contribution in [0.15, 0.2) is 17.1 Å². The summed E-state index contributed by atoms with van der Waals surface area (Å²) in [5, 5.41) is 18.3. The molecule has 2 N–H and O–H groups in total. The van der Waals surface area contributed by atoms with Crippen molar-refractivity contribution in [3.8, 4) is 5.75 Å². The molecule has 0 saturated heterocycles. The molecule has 1 heterocycles. The Morgan fingerprint density at radius 1 is 1.32 bits per heavy atom. The molecular weight excluding hydrogens is 284 g/mol. The van der Waals surface area contributed by atoms with Gasteiger partial charge in [0.25, 0.3) is 0 Å². The van der Waals surface area contributed by atoms with E-state index in [4.69, 9.17) is 9.84 Å². The summed E-state index contributed by atoms with van der Waals surface area (Å²) in [5.74, 6) is -0.248. The lowest BCUT2D eigenvalue weighted by atomic mass is 10.2. The molecule has 0 aromatic carbocycles. The lowest BCUT2D eigenvalue weighted by Gasteiger charge is -2.23. The molecule has 0 aliphatic rings. The van der Waals surface area contributed by atoms with Gasteiger partial charge in [0.2, 0.25) is 5.43 Å². The summed E-state index contributed by atoms with van der Waals surface area (Å²) in [4.78, 5) is 14.0. The van der Waals surface area contributed by atoms with Gasteiger partial charge in [0, 0.05) is 24.8 Å². The van der Waals surface area contributed by atoms with Crippen molar-refractivity contribution in [1.29, 1.82) is 0 Å². The molecule has 0 unspecified atom stereocenters. The minimum Gasteiger partial charge on any atom is -0.503 e. The first kappa shape index (κ1) is 18.7. The molecule has 0 fully saturated rings. The maximum Gasteiger partial charge on any atom is 0.223 e. The van der Waals surface area contributed by atoms with Gasteiger partial charge in [-0.1, -0.05) is 20.3 Å². The molecule has 6 nitrogen and oxygen atoms in total. The Balaban J connectivity index is 2.80. The smallest absolute Gasteiger partial charge is 0.223 e. The van der Waals surface area contributed by atoms with Gasteiger partial charge in [0.15, 0.2) is 5.75 Å². The third-order valence-corrected chi connectivity index (χ3v) is 3.57. The van der Waals surface area contributed by atoms with E-state index in [0.717, 1.165) is 31.6 Å². The lowest BCUT2D eigenvalue weighted by Crippen LogP contribution is -2.27. The molecule has 0 bridgehead atoms. The molecular formula is C16H28N2O4. The van der Waals surface area contributed by atoms with E-state index in [1.165, 1.54) is 12.3 Å². The number of rotatable bonds is 11. The third kappa shape index (κ3) is 6.17. The number of aromatic nitrogens is 1. The Hall–Kier alpha value is -1.37. The molecule has 1 rings (SSSR count). The molecule has 0 amide bonds. The van der Waals surface area contributed by atoms with Crippen molar-refractivity contribution in [2.45, 2.75) is 39.8 Å². The highest BCUT2D eigenvalue weighted by molar-refractivity contribution is 5.20. The van der Waals surface area contributed by atoms with E-state index < -0.39 is 0 Å². The summed E-state index contributed by atoms with van der Waals surface area (Å²) in [6.07, 6.45) is 3.72. The Labute approximate surface area is 131 Å². The van der Waals surface area contributed by atoms with E-state index in [0.29, 0.717) is 26.3 Å². The molecule has 126 valence electrons. The fourth-order valence-electron chi connectivity index (χ4n) is 2.24. The van der Waals surface area contributed by atoms with Crippen LogP contribution < -0.4 is 5.43 Å². The van der Waals surface area contributed by atoms with Crippen molar-refractivity contribution >= 4 is 0 Å². The van der Waals surface area contributed by atoms with E-state index in [-0.39, 0.29) is 17.8 Å². The highest BCUT2D eigenvalue weighted by Gasteiger charge is 2.10. The minimum atomic E-state index is -0.353. The number of aromatic hydroxyl groups is 1. The first-order valence-corrected chi connectivity index (χ1v) is 7.95. The third-order valence-electron chi connectivity index (χ3n) is 3.57. The van der Waals surface area contributed by atoms with Gasteiger partial charge in [0.05, 0.1) is 26.0 Å². The van der Waals surface area contributed by atoms with Gasteiger partial charge >= 0.3 is 0 Å². The van der Waals surface area contributed by atoms with Crippen LogP contribution >= 0.6 is 0 Å². The quantitative estimate of drug-likeness (QED) is 0.600. The monoisotopic (exact) mass is 312 g/mol. The Kier molecular flexibility index (Phi) is 8.81. The number of pyridine rings is 1. The topological polar surface area (TPSA) is 74.9 Å². The van der Waals surface area contributed by atoms with Gasteiger partial charge in [-0.15, -0.1) is 0 Å². The van der Waals surface area contributed by atoms with Gasteiger partial charge in [-0.2, -0.15) is 0 Å². The number of aliphatic hydroxyl groups is 1. The number of hydrogen-bond acceptors (Lipinski definition) is 5. The van der Waals surface area contributed by atoms with Crippen molar-refractivity contribution < 1.29 is 14.9 Å². The molecule has 1 aromatic heterocycles. The number of nitrogens with zero attached hydrogens (tertiary/aromatic N) is 2. The Morgan fingerprint density at radius 3 is 2.73 bits per heavy atom. The van der Waals surface area contributed by atoms with Crippen LogP contribution in [0.3, 0.4) is 0 Å². The number of unbranched alkanes of at least 4 members (excludes halogenated alkanes) is 1. The SMILES string of the molecule is CCCCN(CC)Cc1cc(=O)c(O)cn1CCOCCO. The summed E-state index contributed by atoms with van der Waals surface area (Å²) in [7, 11) is 0. The van der Waals surface area contributed by atoms with E-state index in [9.17, 15) is 9.90 Å². The van der Waals surface area contributed by atoms with Crippen molar-refractivity contribution in [1.82, 2.24) is 9.47 Å². The van der Waals surface area contributed by atoms with Crippen LogP contribution in [-0.2, 0) is 17.8 Å². The fourth-order valence-corrected chi connectivity index (χ4v) is 2.24. The molecule has 1 aromatic rings. The van der Waals surface area contributed by atoms with Crippen molar-refractivity contribution in [3.63, 3.8) is 0 Å². The van der Waals surface area contributed by atoms with Crippen molar-refractivity contribution in [2.75, 3.05) is 32.9 Å². The number of hydrogen-bond donors (Lipinski definition) is 2. The molecule has 0 atom stereocenters. The van der Waals surface area contributed by atoms with Crippen LogP contribution in [0.25, 0.3) is 0 Å². The molecule has 0 aliphatic carbocycles.